The third kappa shape index (κ3) is 8.37. The van der Waals surface area contributed by atoms with Crippen molar-refractivity contribution < 1.29 is 23.1 Å². The molecule has 0 saturated heterocycles. The molecule has 2 N–H and O–H groups in total. The minimum atomic E-state index is -4.12. The Hall–Kier alpha value is -0.820. The molecular formula is C13H25F3N2O2. The number of halogens is 3. The number of carbonyl (C=O) groups is 1. The maximum absolute atomic E-state index is 12.0. The van der Waals surface area contributed by atoms with E-state index in [1.54, 1.807) is 18.9 Å². The van der Waals surface area contributed by atoms with Crippen molar-refractivity contribution in [2.45, 2.75) is 51.2 Å². The summed E-state index contributed by atoms with van der Waals surface area (Å²) in [5, 5.41) is 12.1. The second-order valence-corrected chi connectivity index (χ2v) is 5.29. The third-order valence-electron chi connectivity index (χ3n) is 3.28. The number of rotatable bonds is 10. The minimum absolute atomic E-state index is 0.0209. The molecule has 0 fully saturated rings. The van der Waals surface area contributed by atoms with E-state index in [9.17, 15) is 18.0 Å². The van der Waals surface area contributed by atoms with Crippen LogP contribution in [0.5, 0.6) is 0 Å². The topological polar surface area (TPSA) is 52.6 Å². The van der Waals surface area contributed by atoms with E-state index >= 15 is 0 Å². The van der Waals surface area contributed by atoms with Crippen molar-refractivity contribution in [3.05, 3.63) is 0 Å². The van der Waals surface area contributed by atoms with Gasteiger partial charge in [0.1, 0.15) is 5.54 Å². The van der Waals surface area contributed by atoms with Gasteiger partial charge in [-0.15, -0.1) is 0 Å². The number of unbranched alkanes of at least 4 members (excludes halogenated alkanes) is 1. The molecule has 0 radical (unpaired) electrons. The van der Waals surface area contributed by atoms with E-state index in [4.69, 9.17) is 5.11 Å². The molecule has 0 aromatic rings. The van der Waals surface area contributed by atoms with Gasteiger partial charge < -0.3 is 15.3 Å². The summed E-state index contributed by atoms with van der Waals surface area (Å²) in [5.41, 5.74) is -0.959. The van der Waals surface area contributed by atoms with Crippen LogP contribution in [0.15, 0.2) is 0 Å². The van der Waals surface area contributed by atoms with Gasteiger partial charge in [0.05, 0.1) is 6.42 Å². The maximum Gasteiger partial charge on any atom is 0.390 e. The third-order valence-corrected chi connectivity index (χ3v) is 3.28. The van der Waals surface area contributed by atoms with Gasteiger partial charge in [-0.1, -0.05) is 6.92 Å². The van der Waals surface area contributed by atoms with Crippen molar-refractivity contribution in [3.8, 4) is 0 Å². The van der Waals surface area contributed by atoms with Crippen molar-refractivity contribution in [1.82, 2.24) is 10.2 Å². The summed E-state index contributed by atoms with van der Waals surface area (Å²) in [7, 11) is 1.65. The van der Waals surface area contributed by atoms with Gasteiger partial charge in [0.2, 0.25) is 0 Å². The molecule has 0 spiro atoms. The molecule has 0 heterocycles. The molecule has 20 heavy (non-hydrogen) atoms. The highest BCUT2D eigenvalue weighted by atomic mass is 19.4. The number of hydrogen-bond donors (Lipinski definition) is 2. The molecule has 1 unspecified atom stereocenters. The van der Waals surface area contributed by atoms with Crippen molar-refractivity contribution in [2.75, 3.05) is 26.7 Å². The van der Waals surface area contributed by atoms with E-state index in [2.05, 4.69) is 5.32 Å². The summed E-state index contributed by atoms with van der Waals surface area (Å²) in [5.74, 6) is -0.898. The smallest absolute Gasteiger partial charge is 0.390 e. The fourth-order valence-electron chi connectivity index (χ4n) is 1.95. The SMILES string of the molecule is CCNC(C)(CCCCN(C)CCC(F)(F)F)C(=O)O. The Morgan fingerprint density at radius 3 is 2.25 bits per heavy atom. The average Bonchev–Trinajstić information content (AvgIpc) is 2.31. The Morgan fingerprint density at radius 2 is 1.80 bits per heavy atom. The van der Waals surface area contributed by atoms with Crippen LogP contribution in [0, 0.1) is 0 Å². The van der Waals surface area contributed by atoms with Gasteiger partial charge in [0.15, 0.2) is 0 Å². The molecule has 0 aliphatic carbocycles. The van der Waals surface area contributed by atoms with Crippen LogP contribution in [-0.4, -0.2) is 54.4 Å². The molecule has 0 bridgehead atoms. The van der Waals surface area contributed by atoms with E-state index in [0.717, 1.165) is 0 Å². The number of likely N-dealkylation sites (N-methyl/N-ethyl adjacent to an activating group) is 1. The molecule has 0 amide bonds. The first-order valence-electron chi connectivity index (χ1n) is 6.84. The summed E-state index contributed by atoms with van der Waals surface area (Å²) in [6, 6.07) is 0. The summed E-state index contributed by atoms with van der Waals surface area (Å²) >= 11 is 0. The van der Waals surface area contributed by atoms with Crippen molar-refractivity contribution in [2.24, 2.45) is 0 Å². The lowest BCUT2D eigenvalue weighted by Gasteiger charge is -2.26. The summed E-state index contributed by atoms with van der Waals surface area (Å²) < 4.78 is 36.1. The van der Waals surface area contributed by atoms with Crippen LogP contribution in [0.2, 0.25) is 0 Å². The molecule has 0 saturated carbocycles. The van der Waals surface area contributed by atoms with Crippen LogP contribution in [0.25, 0.3) is 0 Å². The van der Waals surface area contributed by atoms with Crippen LogP contribution in [0.4, 0.5) is 13.2 Å². The number of carboxylic acids is 1. The van der Waals surface area contributed by atoms with Gasteiger partial charge in [-0.3, -0.25) is 4.79 Å². The molecule has 0 rings (SSSR count). The highest BCUT2D eigenvalue weighted by Gasteiger charge is 2.31. The van der Waals surface area contributed by atoms with E-state index in [-0.39, 0.29) is 6.54 Å². The fourth-order valence-corrected chi connectivity index (χ4v) is 1.95. The van der Waals surface area contributed by atoms with E-state index < -0.39 is 24.1 Å². The minimum Gasteiger partial charge on any atom is -0.480 e. The molecule has 1 atom stereocenters. The Kier molecular flexibility index (Phi) is 8.12. The summed E-state index contributed by atoms with van der Waals surface area (Å²) in [6.45, 7) is 4.55. The zero-order valence-electron chi connectivity index (χ0n) is 12.4. The van der Waals surface area contributed by atoms with Crippen molar-refractivity contribution in [3.63, 3.8) is 0 Å². The lowest BCUT2D eigenvalue weighted by atomic mass is 9.95. The number of carboxylic acid groups (broad SMARTS) is 1. The predicted molar refractivity (Wildman–Crippen MR) is 71.7 cm³/mol. The second kappa shape index (κ2) is 8.46. The van der Waals surface area contributed by atoms with E-state index in [1.807, 2.05) is 6.92 Å². The molecule has 0 aromatic heterocycles. The van der Waals surface area contributed by atoms with Gasteiger partial charge in [0.25, 0.3) is 0 Å². The number of hydrogen-bond acceptors (Lipinski definition) is 3. The average molecular weight is 298 g/mol. The zero-order valence-corrected chi connectivity index (χ0v) is 12.4. The van der Waals surface area contributed by atoms with Crippen LogP contribution in [0.1, 0.15) is 39.5 Å². The quantitative estimate of drug-likeness (QED) is 0.608. The van der Waals surface area contributed by atoms with Crippen molar-refractivity contribution >= 4 is 5.97 Å². The molecular weight excluding hydrogens is 273 g/mol. The van der Waals surface area contributed by atoms with Crippen LogP contribution in [-0.2, 0) is 4.79 Å². The lowest BCUT2D eigenvalue weighted by Crippen LogP contribution is -2.49. The monoisotopic (exact) mass is 298 g/mol. The molecule has 4 nitrogen and oxygen atoms in total. The number of alkyl halides is 3. The summed E-state index contributed by atoms with van der Waals surface area (Å²) in [4.78, 5) is 12.8. The standard InChI is InChI=1S/C13H25F3N2O2/c1-4-17-12(2,11(19)20)7-5-6-9-18(3)10-8-13(14,15)16/h17H,4-10H2,1-3H3,(H,19,20). The number of aliphatic carboxylic acids is 1. The molecule has 0 aliphatic heterocycles. The highest BCUT2D eigenvalue weighted by Crippen LogP contribution is 2.19. The molecule has 0 aromatic carbocycles. The van der Waals surface area contributed by atoms with Gasteiger partial charge in [0, 0.05) is 6.54 Å². The normalized spacial score (nSPS) is 15.3. The highest BCUT2D eigenvalue weighted by molar-refractivity contribution is 5.78. The lowest BCUT2D eigenvalue weighted by molar-refractivity contribution is -0.144. The second-order valence-electron chi connectivity index (χ2n) is 5.29. The Labute approximate surface area is 118 Å². The predicted octanol–water partition coefficient (Wildman–Crippen LogP) is 2.49. The van der Waals surface area contributed by atoms with Crippen LogP contribution < -0.4 is 5.32 Å². The molecule has 0 aliphatic rings. The van der Waals surface area contributed by atoms with E-state index in [1.165, 1.54) is 0 Å². The zero-order chi connectivity index (χ0) is 15.8. The fraction of sp³-hybridized carbons (Fsp3) is 0.923. The van der Waals surface area contributed by atoms with E-state index in [0.29, 0.717) is 32.4 Å². The summed E-state index contributed by atoms with van der Waals surface area (Å²) in [6.07, 6.45) is -3.13. The largest absolute Gasteiger partial charge is 0.480 e. The van der Waals surface area contributed by atoms with Crippen molar-refractivity contribution in [1.29, 1.82) is 0 Å². The first-order valence-corrected chi connectivity index (χ1v) is 6.84. The van der Waals surface area contributed by atoms with Gasteiger partial charge >= 0.3 is 12.1 Å². The first kappa shape index (κ1) is 19.2. The molecule has 120 valence electrons. The molecule has 7 heteroatoms. The van der Waals surface area contributed by atoms with Gasteiger partial charge in [-0.25, -0.2) is 0 Å². The Morgan fingerprint density at radius 1 is 1.20 bits per heavy atom. The maximum atomic E-state index is 12.0. The van der Waals surface area contributed by atoms with Gasteiger partial charge in [-0.2, -0.15) is 13.2 Å². The van der Waals surface area contributed by atoms with Crippen LogP contribution >= 0.6 is 0 Å². The number of nitrogens with zero attached hydrogens (tertiary/aromatic N) is 1. The number of nitrogens with one attached hydrogen (secondary N) is 1. The van der Waals surface area contributed by atoms with Gasteiger partial charge in [-0.05, 0) is 46.3 Å². The Balaban J connectivity index is 3.92. The first-order chi connectivity index (χ1) is 9.10. The van der Waals surface area contributed by atoms with Crippen LogP contribution in [0.3, 0.4) is 0 Å². The Bertz CT molecular complexity index is 298.